The molecule has 1 N–H and O–H groups in total. The Hall–Kier alpha value is -2.21. The van der Waals surface area contributed by atoms with E-state index in [1.54, 1.807) is 48.8 Å². The maximum Gasteiger partial charge on any atom is 0.221 e. The highest BCUT2D eigenvalue weighted by molar-refractivity contribution is 7.91. The number of sulfone groups is 1. The van der Waals surface area contributed by atoms with E-state index in [0.29, 0.717) is 6.54 Å². The minimum atomic E-state index is -3.43. The molecule has 1 heterocycles. The maximum atomic E-state index is 12.1. The second kappa shape index (κ2) is 7.17. The summed E-state index contributed by atoms with van der Waals surface area (Å²) in [5.41, 5.74) is 1.92. The Labute approximate surface area is 130 Å². The zero-order valence-electron chi connectivity index (χ0n) is 12.3. The van der Waals surface area contributed by atoms with E-state index >= 15 is 0 Å². The molecule has 5 nitrogen and oxygen atoms in total. The Bertz CT molecular complexity index is 726. The average Bonchev–Trinajstić information content (AvgIpc) is 2.52. The summed E-state index contributed by atoms with van der Waals surface area (Å²) in [6.45, 7) is 2.26. The number of carbonyl (C=O) groups is 1. The highest BCUT2D eigenvalue weighted by Gasteiger charge is 2.16. The minimum absolute atomic E-state index is 0.0543. The van der Waals surface area contributed by atoms with Crippen LogP contribution in [0.4, 0.5) is 0 Å². The lowest BCUT2D eigenvalue weighted by Crippen LogP contribution is -2.25. The first-order valence-electron chi connectivity index (χ1n) is 6.92. The van der Waals surface area contributed by atoms with Crippen molar-refractivity contribution in [1.29, 1.82) is 0 Å². The van der Waals surface area contributed by atoms with Gasteiger partial charge in [0.15, 0.2) is 9.84 Å². The fraction of sp³-hybridized carbons (Fsp3) is 0.250. The Morgan fingerprint density at radius 1 is 1.09 bits per heavy atom. The molecule has 0 unspecified atom stereocenters. The predicted molar refractivity (Wildman–Crippen MR) is 83.9 cm³/mol. The molecule has 1 amide bonds. The number of hydrogen-bond donors (Lipinski definition) is 1. The number of nitrogens with one attached hydrogen (secondary N) is 1. The van der Waals surface area contributed by atoms with Gasteiger partial charge in [-0.15, -0.1) is 0 Å². The van der Waals surface area contributed by atoms with Crippen molar-refractivity contribution in [3.8, 4) is 0 Å². The van der Waals surface area contributed by atoms with Gasteiger partial charge in [-0.05, 0) is 36.8 Å². The largest absolute Gasteiger partial charge is 0.352 e. The van der Waals surface area contributed by atoms with Crippen molar-refractivity contribution in [2.24, 2.45) is 0 Å². The molecule has 1 aromatic carbocycles. The molecule has 2 aromatic rings. The van der Waals surface area contributed by atoms with Gasteiger partial charge in [0.2, 0.25) is 5.91 Å². The second-order valence-electron chi connectivity index (χ2n) is 5.01. The van der Waals surface area contributed by atoms with Gasteiger partial charge in [0, 0.05) is 25.4 Å². The number of aromatic nitrogens is 1. The number of aryl methyl sites for hydroxylation is 1. The zero-order chi connectivity index (χ0) is 16.0. The van der Waals surface area contributed by atoms with E-state index in [2.05, 4.69) is 10.3 Å². The summed E-state index contributed by atoms with van der Waals surface area (Å²) in [5, 5.41) is 2.70. The number of amides is 1. The topological polar surface area (TPSA) is 76.1 Å². The second-order valence-corrected chi connectivity index (χ2v) is 7.12. The maximum absolute atomic E-state index is 12.1. The van der Waals surface area contributed by atoms with Crippen LogP contribution in [-0.4, -0.2) is 25.1 Å². The Balaban J connectivity index is 1.86. The summed E-state index contributed by atoms with van der Waals surface area (Å²) in [4.78, 5) is 15.9. The molecule has 0 atom stereocenters. The van der Waals surface area contributed by atoms with Gasteiger partial charge in [0.25, 0.3) is 0 Å². The number of rotatable bonds is 6. The van der Waals surface area contributed by atoms with Crippen LogP contribution in [0, 0.1) is 6.92 Å². The normalized spacial score (nSPS) is 11.1. The summed E-state index contributed by atoms with van der Waals surface area (Å²) < 4.78 is 24.3. The highest BCUT2D eigenvalue weighted by Crippen LogP contribution is 2.13. The summed E-state index contributed by atoms with van der Waals surface area (Å²) in [6.07, 6.45) is 3.23. The van der Waals surface area contributed by atoms with Crippen molar-refractivity contribution in [3.05, 3.63) is 59.9 Å². The average molecular weight is 318 g/mol. The summed E-state index contributed by atoms with van der Waals surface area (Å²) in [6, 6.07) is 10.2. The standard InChI is InChI=1S/C16H18N2O3S/c1-13-2-4-15(5-3-13)22(20,21)11-8-16(19)18-12-14-6-9-17-10-7-14/h2-7,9-10H,8,11-12H2,1H3,(H,18,19). The Morgan fingerprint density at radius 3 is 2.36 bits per heavy atom. The molecule has 0 saturated carbocycles. The van der Waals surface area contributed by atoms with Crippen LogP contribution in [-0.2, 0) is 21.2 Å². The monoisotopic (exact) mass is 318 g/mol. The van der Waals surface area contributed by atoms with Crippen LogP contribution in [0.5, 0.6) is 0 Å². The molecule has 0 saturated heterocycles. The predicted octanol–water partition coefficient (Wildman–Crippen LogP) is 1.87. The van der Waals surface area contributed by atoms with Gasteiger partial charge < -0.3 is 5.32 Å². The van der Waals surface area contributed by atoms with E-state index in [4.69, 9.17) is 0 Å². The molecule has 1 aromatic heterocycles. The van der Waals surface area contributed by atoms with E-state index in [1.165, 1.54) is 0 Å². The van der Waals surface area contributed by atoms with E-state index in [9.17, 15) is 13.2 Å². The lowest BCUT2D eigenvalue weighted by atomic mass is 10.2. The summed E-state index contributed by atoms with van der Waals surface area (Å²) >= 11 is 0. The third kappa shape index (κ3) is 4.66. The Morgan fingerprint density at radius 2 is 1.73 bits per heavy atom. The van der Waals surface area contributed by atoms with Crippen LogP contribution in [0.3, 0.4) is 0 Å². The van der Waals surface area contributed by atoms with Gasteiger partial charge in [0.1, 0.15) is 0 Å². The molecule has 0 aliphatic rings. The van der Waals surface area contributed by atoms with Crippen molar-refractivity contribution in [1.82, 2.24) is 10.3 Å². The van der Waals surface area contributed by atoms with Crippen molar-refractivity contribution >= 4 is 15.7 Å². The zero-order valence-corrected chi connectivity index (χ0v) is 13.1. The van der Waals surface area contributed by atoms with Crippen molar-refractivity contribution < 1.29 is 13.2 Å². The van der Waals surface area contributed by atoms with E-state index < -0.39 is 9.84 Å². The van der Waals surface area contributed by atoms with Crippen LogP contribution in [0.2, 0.25) is 0 Å². The molecule has 2 rings (SSSR count). The first-order valence-corrected chi connectivity index (χ1v) is 8.57. The van der Waals surface area contributed by atoms with E-state index in [1.807, 2.05) is 6.92 Å². The van der Waals surface area contributed by atoms with Crippen LogP contribution in [0.1, 0.15) is 17.5 Å². The molecule has 116 valence electrons. The molecule has 0 fully saturated rings. The van der Waals surface area contributed by atoms with Gasteiger partial charge in [-0.25, -0.2) is 8.42 Å². The van der Waals surface area contributed by atoms with Crippen LogP contribution in [0.25, 0.3) is 0 Å². The quantitative estimate of drug-likeness (QED) is 0.882. The smallest absolute Gasteiger partial charge is 0.221 e. The van der Waals surface area contributed by atoms with Crippen LogP contribution < -0.4 is 5.32 Å². The van der Waals surface area contributed by atoms with E-state index in [-0.39, 0.29) is 23.0 Å². The third-order valence-corrected chi connectivity index (χ3v) is 4.95. The number of carbonyl (C=O) groups excluding carboxylic acids is 1. The highest BCUT2D eigenvalue weighted by atomic mass is 32.2. The fourth-order valence-electron chi connectivity index (χ4n) is 1.88. The Kier molecular flexibility index (Phi) is 5.27. The molecular weight excluding hydrogens is 300 g/mol. The van der Waals surface area contributed by atoms with Gasteiger partial charge in [-0.2, -0.15) is 0 Å². The fourth-order valence-corrected chi connectivity index (χ4v) is 3.12. The lowest BCUT2D eigenvalue weighted by Gasteiger charge is -2.07. The van der Waals surface area contributed by atoms with Crippen molar-refractivity contribution in [2.75, 3.05) is 5.75 Å². The number of nitrogens with zero attached hydrogens (tertiary/aromatic N) is 1. The third-order valence-electron chi connectivity index (χ3n) is 3.22. The molecule has 0 spiro atoms. The SMILES string of the molecule is Cc1ccc(S(=O)(=O)CCC(=O)NCc2ccncc2)cc1. The summed E-state index contributed by atoms with van der Waals surface area (Å²) in [7, 11) is -3.43. The number of pyridine rings is 1. The molecule has 6 heteroatoms. The first kappa shape index (κ1) is 16.2. The van der Waals surface area contributed by atoms with Gasteiger partial charge in [0.05, 0.1) is 10.6 Å². The number of benzene rings is 1. The first-order chi connectivity index (χ1) is 10.5. The van der Waals surface area contributed by atoms with Gasteiger partial charge >= 0.3 is 0 Å². The van der Waals surface area contributed by atoms with Crippen LogP contribution in [0.15, 0.2) is 53.7 Å². The van der Waals surface area contributed by atoms with Gasteiger partial charge in [-0.1, -0.05) is 17.7 Å². The number of hydrogen-bond acceptors (Lipinski definition) is 4. The molecule has 22 heavy (non-hydrogen) atoms. The minimum Gasteiger partial charge on any atom is -0.352 e. The molecule has 0 aliphatic heterocycles. The van der Waals surface area contributed by atoms with Crippen LogP contribution >= 0.6 is 0 Å². The van der Waals surface area contributed by atoms with E-state index in [0.717, 1.165) is 11.1 Å². The molecular formula is C16H18N2O3S. The summed E-state index contributed by atoms with van der Waals surface area (Å²) in [5.74, 6) is -0.481. The molecule has 0 aliphatic carbocycles. The lowest BCUT2D eigenvalue weighted by molar-refractivity contribution is -0.120. The van der Waals surface area contributed by atoms with Crippen molar-refractivity contribution in [2.45, 2.75) is 24.8 Å². The van der Waals surface area contributed by atoms with Crippen molar-refractivity contribution in [3.63, 3.8) is 0 Å². The molecule has 0 bridgehead atoms. The van der Waals surface area contributed by atoms with Gasteiger partial charge in [-0.3, -0.25) is 9.78 Å². The molecule has 0 radical (unpaired) electrons.